The normalized spacial score (nSPS) is 14.0. The molecule has 1 rings (SSSR count). The lowest BCUT2D eigenvalue weighted by Gasteiger charge is -2.15. The van der Waals surface area contributed by atoms with Crippen molar-refractivity contribution < 1.29 is 8.08 Å². The Hall–Kier alpha value is -0.453. The van der Waals surface area contributed by atoms with Gasteiger partial charge in [-0.2, -0.15) is 0 Å². The van der Waals surface area contributed by atoms with Crippen molar-refractivity contribution >= 4 is 19.4 Å². The van der Waals surface area contributed by atoms with Gasteiger partial charge in [-0.1, -0.05) is 17.7 Å². The lowest BCUT2D eigenvalue weighted by atomic mass is 10.2. The maximum Gasteiger partial charge on any atom is 0.205 e. The minimum Gasteiger partial charge on any atom is -0.332 e. The van der Waals surface area contributed by atoms with Crippen molar-refractivity contribution in [1.29, 1.82) is 0 Å². The molecule has 0 aliphatic heterocycles. The van der Waals surface area contributed by atoms with Gasteiger partial charge in [0.05, 0.1) is 4.90 Å². The predicted octanol–water partition coefficient (Wildman–Crippen LogP) is 2.87. The fraction of sp³-hybridized carbons (Fsp3) is 0.400. The van der Waals surface area contributed by atoms with Crippen molar-refractivity contribution in [1.82, 2.24) is 0 Å². The second-order valence-electron chi connectivity index (χ2n) is 4.24. The zero-order valence-electron chi connectivity index (χ0n) is 9.03. The first-order valence-electron chi connectivity index (χ1n) is 4.56. The van der Waals surface area contributed by atoms with Crippen molar-refractivity contribution in [3.8, 4) is 0 Å². The van der Waals surface area contributed by atoms with E-state index in [0.29, 0.717) is 0 Å². The minimum atomic E-state index is -1.72. The Labute approximate surface area is 89.1 Å². The molecule has 0 radical (unpaired) electrons. The third-order valence-corrected chi connectivity index (χ3v) is 4.80. The topological polar surface area (TPSA) is 26.3 Å². The van der Waals surface area contributed by atoms with Crippen LogP contribution in [0.1, 0.15) is 5.56 Å². The van der Waals surface area contributed by atoms with E-state index in [1.807, 2.05) is 50.8 Å². The Morgan fingerprint density at radius 3 is 2.07 bits per heavy atom. The molecule has 1 aromatic rings. The molecule has 2 nitrogen and oxygen atoms in total. The highest BCUT2D eigenvalue weighted by Gasteiger charge is 2.19. The number of hydrogen-bond donors (Lipinski definition) is 0. The van der Waals surface area contributed by atoms with Crippen LogP contribution in [0, 0.1) is 6.92 Å². The summed E-state index contributed by atoms with van der Waals surface area (Å²) < 4.78 is 17.2. The molecule has 4 heteroatoms. The highest BCUT2D eigenvalue weighted by atomic mass is 32.2. The summed E-state index contributed by atoms with van der Waals surface area (Å²) in [6.07, 6.45) is 0. The number of aryl methyl sites for hydroxylation is 1. The molecule has 0 spiro atoms. The number of rotatable bonds is 3. The van der Waals surface area contributed by atoms with Gasteiger partial charge in [-0.25, -0.2) is 4.21 Å². The second kappa shape index (κ2) is 4.38. The molecule has 0 amide bonds. The minimum absolute atomic E-state index is 0.748. The fourth-order valence-electron chi connectivity index (χ4n) is 0.925. The molecule has 0 aromatic heterocycles. The monoisotopic (exact) mass is 228 g/mol. The van der Waals surface area contributed by atoms with Crippen LogP contribution in [0.15, 0.2) is 29.2 Å². The first-order chi connectivity index (χ1) is 6.38. The van der Waals surface area contributed by atoms with E-state index < -0.39 is 19.4 Å². The van der Waals surface area contributed by atoms with Crippen LogP contribution in [-0.4, -0.2) is 12.5 Å². The lowest BCUT2D eigenvalue weighted by molar-refractivity contribution is 0.563. The van der Waals surface area contributed by atoms with Gasteiger partial charge in [0.25, 0.3) is 0 Å². The number of hydrogen-bond acceptors (Lipinski definition) is 2. The van der Waals surface area contributed by atoms with Crippen LogP contribution in [0.5, 0.6) is 0 Å². The molecule has 0 aliphatic carbocycles. The maximum absolute atomic E-state index is 11.7. The van der Waals surface area contributed by atoms with Crippen LogP contribution in [0.4, 0.5) is 0 Å². The van der Waals surface area contributed by atoms with Crippen LogP contribution in [0.2, 0.25) is 19.6 Å². The van der Waals surface area contributed by atoms with Crippen LogP contribution >= 0.6 is 0 Å². The Kier molecular flexibility index (Phi) is 3.63. The summed E-state index contributed by atoms with van der Waals surface area (Å²) in [6, 6.07) is 7.60. The third kappa shape index (κ3) is 3.73. The summed E-state index contributed by atoms with van der Waals surface area (Å²) in [5.74, 6) is 0. The molecular weight excluding hydrogens is 212 g/mol. The first-order valence-corrected chi connectivity index (χ1v) is 9.05. The summed E-state index contributed by atoms with van der Waals surface area (Å²) in [7, 11) is -1.72. The van der Waals surface area contributed by atoms with E-state index in [-0.39, 0.29) is 0 Å². The van der Waals surface area contributed by atoms with E-state index >= 15 is 0 Å². The van der Waals surface area contributed by atoms with E-state index in [1.54, 1.807) is 0 Å². The summed E-state index contributed by atoms with van der Waals surface area (Å²) in [5.41, 5.74) is 1.17. The molecular formula is C10H16O2SSi. The van der Waals surface area contributed by atoms with Crippen LogP contribution in [0.3, 0.4) is 0 Å². The van der Waals surface area contributed by atoms with Gasteiger partial charge >= 0.3 is 0 Å². The molecule has 0 saturated carbocycles. The van der Waals surface area contributed by atoms with Crippen molar-refractivity contribution in [2.75, 3.05) is 0 Å². The molecule has 0 heterocycles. The summed E-state index contributed by atoms with van der Waals surface area (Å²) >= 11 is -1.30. The molecule has 1 atom stereocenters. The zero-order valence-corrected chi connectivity index (χ0v) is 10.9. The second-order valence-corrected chi connectivity index (χ2v) is 10.1. The van der Waals surface area contributed by atoms with E-state index in [0.717, 1.165) is 4.90 Å². The molecule has 0 saturated heterocycles. The van der Waals surface area contributed by atoms with E-state index in [9.17, 15) is 4.21 Å². The van der Waals surface area contributed by atoms with Gasteiger partial charge < -0.3 is 3.87 Å². The summed E-state index contributed by atoms with van der Waals surface area (Å²) in [5, 5.41) is 0. The number of benzene rings is 1. The highest BCUT2D eigenvalue weighted by molar-refractivity contribution is 7.81. The van der Waals surface area contributed by atoms with Gasteiger partial charge in [0.1, 0.15) is 0 Å². The van der Waals surface area contributed by atoms with Crippen LogP contribution < -0.4 is 0 Å². The average molecular weight is 228 g/mol. The molecule has 0 fully saturated rings. The highest BCUT2D eigenvalue weighted by Crippen LogP contribution is 2.14. The van der Waals surface area contributed by atoms with Crippen molar-refractivity contribution in [3.63, 3.8) is 0 Å². The van der Waals surface area contributed by atoms with Crippen LogP contribution in [-0.2, 0) is 15.0 Å². The zero-order chi connectivity index (χ0) is 10.8. The van der Waals surface area contributed by atoms with E-state index in [2.05, 4.69) is 0 Å². The average Bonchev–Trinajstić information content (AvgIpc) is 2.02. The van der Waals surface area contributed by atoms with Crippen molar-refractivity contribution in [3.05, 3.63) is 29.8 Å². The van der Waals surface area contributed by atoms with Gasteiger partial charge in [-0.05, 0) is 38.7 Å². The Balaban J connectivity index is 2.76. The molecule has 14 heavy (non-hydrogen) atoms. The smallest absolute Gasteiger partial charge is 0.205 e. The predicted molar refractivity (Wildman–Crippen MR) is 62.0 cm³/mol. The van der Waals surface area contributed by atoms with Gasteiger partial charge in [-0.3, -0.25) is 0 Å². The summed E-state index contributed by atoms with van der Waals surface area (Å²) in [4.78, 5) is 0.748. The molecule has 1 aromatic carbocycles. The Morgan fingerprint density at radius 1 is 1.14 bits per heavy atom. The Bertz CT molecular complexity index is 327. The van der Waals surface area contributed by atoms with Crippen LogP contribution in [0.25, 0.3) is 0 Å². The fourth-order valence-corrected chi connectivity index (χ4v) is 3.48. The van der Waals surface area contributed by atoms with Crippen molar-refractivity contribution in [2.24, 2.45) is 0 Å². The van der Waals surface area contributed by atoms with Gasteiger partial charge in [0.15, 0.2) is 11.1 Å². The quantitative estimate of drug-likeness (QED) is 0.744. The SMILES string of the molecule is Cc1ccc([S@](=O)O[Si](C)(C)C)cc1. The van der Waals surface area contributed by atoms with Gasteiger partial charge in [-0.15, -0.1) is 0 Å². The standard InChI is InChI=1S/C10H16O2SSi/c1-9-5-7-10(8-6-9)13(11)12-14(2,3)4/h5-8H,1-4H3/t13-/m1/s1. The first kappa shape index (κ1) is 11.6. The Morgan fingerprint density at radius 2 is 1.64 bits per heavy atom. The molecule has 0 N–H and O–H groups in total. The van der Waals surface area contributed by atoms with Gasteiger partial charge in [0, 0.05) is 0 Å². The van der Waals surface area contributed by atoms with E-state index in [4.69, 9.17) is 3.87 Å². The molecule has 0 bridgehead atoms. The summed E-state index contributed by atoms with van der Waals surface area (Å²) in [6.45, 7) is 8.09. The molecule has 78 valence electrons. The maximum atomic E-state index is 11.7. The third-order valence-electron chi connectivity index (χ3n) is 1.54. The largest absolute Gasteiger partial charge is 0.332 e. The van der Waals surface area contributed by atoms with Gasteiger partial charge in [0.2, 0.25) is 8.32 Å². The molecule has 0 aliphatic rings. The van der Waals surface area contributed by atoms with Crippen molar-refractivity contribution in [2.45, 2.75) is 31.5 Å². The lowest BCUT2D eigenvalue weighted by Crippen LogP contribution is -2.26. The molecule has 0 unspecified atom stereocenters. The van der Waals surface area contributed by atoms with E-state index in [1.165, 1.54) is 5.56 Å².